The first-order valence-electron chi connectivity index (χ1n) is 10.3. The quantitative estimate of drug-likeness (QED) is 0.789. The van der Waals surface area contributed by atoms with E-state index in [0.29, 0.717) is 18.9 Å². The number of aromatic nitrogens is 2. The van der Waals surface area contributed by atoms with Crippen molar-refractivity contribution >= 4 is 5.69 Å². The lowest BCUT2D eigenvalue weighted by Gasteiger charge is -2.29. The minimum Gasteiger partial charge on any atom is -0.493 e. The molecular formula is C22H31N3O2. The summed E-state index contributed by atoms with van der Waals surface area (Å²) in [5.74, 6) is 1.39. The SMILES string of the molecule is CCCOc1ccc(N2CCCCC2)cc1-c1nc(CC)c(CC)c(=O)[nH]1. The molecule has 0 spiro atoms. The zero-order chi connectivity index (χ0) is 19.2. The number of rotatable bonds is 7. The summed E-state index contributed by atoms with van der Waals surface area (Å²) >= 11 is 0. The van der Waals surface area contributed by atoms with Crippen molar-refractivity contribution in [2.24, 2.45) is 0 Å². The average molecular weight is 370 g/mol. The topological polar surface area (TPSA) is 58.2 Å². The minimum absolute atomic E-state index is 0.0378. The van der Waals surface area contributed by atoms with E-state index in [0.717, 1.165) is 48.5 Å². The van der Waals surface area contributed by atoms with Crippen molar-refractivity contribution in [2.45, 2.75) is 59.3 Å². The minimum atomic E-state index is -0.0378. The second kappa shape index (κ2) is 9.07. The van der Waals surface area contributed by atoms with Crippen LogP contribution in [0.4, 0.5) is 5.69 Å². The van der Waals surface area contributed by atoms with Crippen LogP contribution in [-0.4, -0.2) is 29.7 Å². The second-order valence-corrected chi connectivity index (χ2v) is 7.12. The molecule has 3 rings (SSSR count). The number of benzene rings is 1. The lowest BCUT2D eigenvalue weighted by Crippen LogP contribution is -2.29. The van der Waals surface area contributed by atoms with Crippen LogP contribution in [0, 0.1) is 0 Å². The molecule has 1 aliphatic rings. The Morgan fingerprint density at radius 3 is 2.56 bits per heavy atom. The van der Waals surface area contributed by atoms with Gasteiger partial charge in [0, 0.05) is 24.3 Å². The van der Waals surface area contributed by atoms with Crippen LogP contribution in [0.15, 0.2) is 23.0 Å². The number of anilines is 1. The fourth-order valence-electron chi connectivity index (χ4n) is 3.72. The van der Waals surface area contributed by atoms with Gasteiger partial charge in [0.2, 0.25) is 0 Å². The summed E-state index contributed by atoms with van der Waals surface area (Å²) in [5.41, 5.74) is 3.67. The van der Waals surface area contributed by atoms with Crippen molar-refractivity contribution in [3.05, 3.63) is 39.8 Å². The third-order valence-corrected chi connectivity index (χ3v) is 5.19. The maximum atomic E-state index is 12.6. The lowest BCUT2D eigenvalue weighted by molar-refractivity contribution is 0.318. The number of hydrogen-bond acceptors (Lipinski definition) is 4. The average Bonchev–Trinajstić information content (AvgIpc) is 2.72. The van der Waals surface area contributed by atoms with E-state index < -0.39 is 0 Å². The molecule has 146 valence electrons. The molecule has 1 saturated heterocycles. The number of ether oxygens (including phenoxy) is 1. The van der Waals surface area contributed by atoms with Crippen LogP contribution in [0.5, 0.6) is 5.75 Å². The predicted octanol–water partition coefficient (Wildman–Crippen LogP) is 4.34. The van der Waals surface area contributed by atoms with E-state index in [1.54, 1.807) is 0 Å². The van der Waals surface area contributed by atoms with Crippen LogP contribution >= 0.6 is 0 Å². The molecule has 1 fully saturated rings. The first kappa shape index (κ1) is 19.5. The Labute approximate surface area is 161 Å². The zero-order valence-electron chi connectivity index (χ0n) is 16.8. The van der Waals surface area contributed by atoms with E-state index >= 15 is 0 Å². The van der Waals surface area contributed by atoms with Gasteiger partial charge in [0.25, 0.3) is 5.56 Å². The highest BCUT2D eigenvalue weighted by Crippen LogP contribution is 2.33. The van der Waals surface area contributed by atoms with Gasteiger partial charge in [0.15, 0.2) is 0 Å². The van der Waals surface area contributed by atoms with Gasteiger partial charge in [-0.1, -0.05) is 20.8 Å². The summed E-state index contributed by atoms with van der Waals surface area (Å²) in [7, 11) is 0. The fraction of sp³-hybridized carbons (Fsp3) is 0.545. The summed E-state index contributed by atoms with van der Waals surface area (Å²) < 4.78 is 5.97. The van der Waals surface area contributed by atoms with Gasteiger partial charge in [-0.3, -0.25) is 4.79 Å². The summed E-state index contributed by atoms with van der Waals surface area (Å²) in [5, 5.41) is 0. The Morgan fingerprint density at radius 1 is 1.11 bits per heavy atom. The zero-order valence-corrected chi connectivity index (χ0v) is 16.8. The number of hydrogen-bond donors (Lipinski definition) is 1. The monoisotopic (exact) mass is 369 g/mol. The highest BCUT2D eigenvalue weighted by atomic mass is 16.5. The third kappa shape index (κ3) is 4.34. The molecule has 0 radical (unpaired) electrons. The van der Waals surface area contributed by atoms with Crippen molar-refractivity contribution in [1.29, 1.82) is 0 Å². The summed E-state index contributed by atoms with van der Waals surface area (Å²) in [4.78, 5) is 22.8. The molecule has 0 unspecified atom stereocenters. The summed E-state index contributed by atoms with van der Waals surface area (Å²) in [6.07, 6.45) is 6.13. The Balaban J connectivity index is 2.07. The highest BCUT2D eigenvalue weighted by Gasteiger charge is 2.17. The molecule has 2 heterocycles. The van der Waals surface area contributed by atoms with E-state index in [-0.39, 0.29) is 5.56 Å². The number of H-pyrrole nitrogens is 1. The van der Waals surface area contributed by atoms with Gasteiger partial charge < -0.3 is 14.6 Å². The molecule has 5 heteroatoms. The lowest BCUT2D eigenvalue weighted by atomic mass is 10.1. The molecule has 1 aromatic heterocycles. The van der Waals surface area contributed by atoms with Gasteiger partial charge in [-0.25, -0.2) is 4.98 Å². The molecule has 27 heavy (non-hydrogen) atoms. The fourth-order valence-corrected chi connectivity index (χ4v) is 3.72. The van der Waals surface area contributed by atoms with E-state index in [2.05, 4.69) is 28.9 Å². The van der Waals surface area contributed by atoms with Crippen LogP contribution in [0.2, 0.25) is 0 Å². The van der Waals surface area contributed by atoms with Gasteiger partial charge >= 0.3 is 0 Å². The van der Waals surface area contributed by atoms with E-state index in [1.165, 1.54) is 24.9 Å². The first-order valence-corrected chi connectivity index (χ1v) is 10.3. The molecule has 1 aliphatic heterocycles. The standard InChI is InChI=1S/C22H31N3O2/c1-4-14-27-20-11-10-16(25-12-8-7-9-13-25)15-18(20)21-23-19(6-3)17(5-2)22(26)24-21/h10-11,15H,4-9,12-14H2,1-3H3,(H,23,24,26). The molecule has 2 aromatic rings. The molecule has 0 aliphatic carbocycles. The van der Waals surface area contributed by atoms with Crippen molar-refractivity contribution in [3.63, 3.8) is 0 Å². The number of nitrogens with zero attached hydrogens (tertiary/aromatic N) is 2. The molecule has 1 N–H and O–H groups in total. The van der Waals surface area contributed by atoms with Crippen LogP contribution in [0.3, 0.4) is 0 Å². The smallest absolute Gasteiger partial charge is 0.254 e. The molecule has 1 aromatic carbocycles. The Morgan fingerprint density at radius 2 is 1.89 bits per heavy atom. The molecule has 0 bridgehead atoms. The highest BCUT2D eigenvalue weighted by molar-refractivity contribution is 5.70. The van der Waals surface area contributed by atoms with Gasteiger partial charge in [-0.2, -0.15) is 0 Å². The van der Waals surface area contributed by atoms with Gasteiger partial charge in [0.05, 0.1) is 17.9 Å². The summed E-state index contributed by atoms with van der Waals surface area (Å²) in [6.45, 7) is 8.93. The van der Waals surface area contributed by atoms with Crippen LogP contribution in [0.1, 0.15) is 57.7 Å². The second-order valence-electron chi connectivity index (χ2n) is 7.12. The molecule has 5 nitrogen and oxygen atoms in total. The maximum Gasteiger partial charge on any atom is 0.254 e. The first-order chi connectivity index (χ1) is 13.2. The number of aryl methyl sites for hydroxylation is 1. The normalized spacial score (nSPS) is 14.4. The van der Waals surface area contributed by atoms with Crippen molar-refractivity contribution in [3.8, 4) is 17.1 Å². The van der Waals surface area contributed by atoms with E-state index in [4.69, 9.17) is 9.72 Å². The Kier molecular flexibility index (Phi) is 6.54. The van der Waals surface area contributed by atoms with Crippen LogP contribution in [0.25, 0.3) is 11.4 Å². The number of nitrogens with one attached hydrogen (secondary N) is 1. The molecular weight excluding hydrogens is 338 g/mol. The largest absolute Gasteiger partial charge is 0.493 e. The molecule has 0 atom stereocenters. The number of piperidine rings is 1. The van der Waals surface area contributed by atoms with E-state index in [9.17, 15) is 4.79 Å². The Bertz CT molecular complexity index is 823. The van der Waals surface area contributed by atoms with Crippen molar-refractivity contribution in [2.75, 3.05) is 24.6 Å². The van der Waals surface area contributed by atoms with Crippen LogP contribution < -0.4 is 15.2 Å². The van der Waals surface area contributed by atoms with Gasteiger partial charge in [0.1, 0.15) is 11.6 Å². The maximum absolute atomic E-state index is 12.6. The van der Waals surface area contributed by atoms with E-state index in [1.807, 2.05) is 19.9 Å². The van der Waals surface area contributed by atoms with Crippen molar-refractivity contribution in [1.82, 2.24) is 9.97 Å². The predicted molar refractivity (Wildman–Crippen MR) is 111 cm³/mol. The Hall–Kier alpha value is -2.30. The van der Waals surface area contributed by atoms with Crippen LogP contribution in [-0.2, 0) is 12.8 Å². The molecule has 0 amide bonds. The summed E-state index contributed by atoms with van der Waals surface area (Å²) in [6, 6.07) is 6.27. The molecule has 0 saturated carbocycles. The van der Waals surface area contributed by atoms with Crippen molar-refractivity contribution < 1.29 is 4.74 Å². The number of aromatic amines is 1. The van der Waals surface area contributed by atoms with Gasteiger partial charge in [-0.15, -0.1) is 0 Å². The van der Waals surface area contributed by atoms with Gasteiger partial charge in [-0.05, 0) is 56.7 Å². The third-order valence-electron chi connectivity index (χ3n) is 5.19.